The van der Waals surface area contributed by atoms with Crippen LogP contribution in [0, 0.1) is 0 Å². The van der Waals surface area contributed by atoms with Gasteiger partial charge in [0.1, 0.15) is 0 Å². The van der Waals surface area contributed by atoms with E-state index in [1.807, 2.05) is 6.92 Å². The number of rotatable bonds is 6. The molecule has 2 atom stereocenters. The predicted octanol–water partition coefficient (Wildman–Crippen LogP) is 1.12. The molecule has 0 radical (unpaired) electrons. The molecule has 19 heavy (non-hydrogen) atoms. The molecule has 0 saturated heterocycles. The lowest BCUT2D eigenvalue weighted by Crippen LogP contribution is -2.45. The topological polar surface area (TPSA) is 75.6 Å². The summed E-state index contributed by atoms with van der Waals surface area (Å²) in [5, 5.41) is 11.6. The molecule has 104 valence electrons. The fraction of sp³-hybridized carbons (Fsp3) is 0.429. The van der Waals surface area contributed by atoms with E-state index in [0.717, 1.165) is 0 Å². The van der Waals surface area contributed by atoms with E-state index in [0.29, 0.717) is 12.0 Å². The average Bonchev–Trinajstić information content (AvgIpc) is 2.44. The molecule has 0 aliphatic rings. The molecule has 0 saturated carbocycles. The molecule has 2 N–H and O–H groups in total. The van der Waals surface area contributed by atoms with Crippen molar-refractivity contribution in [2.45, 2.75) is 32.4 Å². The summed E-state index contributed by atoms with van der Waals surface area (Å²) >= 11 is 0. The number of hydrogen-bond donors (Lipinski definition) is 2. The summed E-state index contributed by atoms with van der Waals surface area (Å²) in [5.74, 6) is -1.04. The van der Waals surface area contributed by atoms with Crippen molar-refractivity contribution in [2.75, 3.05) is 6.61 Å². The van der Waals surface area contributed by atoms with Crippen molar-refractivity contribution < 1.29 is 19.4 Å². The monoisotopic (exact) mass is 265 g/mol. The van der Waals surface area contributed by atoms with Crippen molar-refractivity contribution in [1.82, 2.24) is 5.32 Å². The first kappa shape index (κ1) is 15.2. The zero-order valence-corrected chi connectivity index (χ0v) is 11.1. The first-order chi connectivity index (χ1) is 9.08. The number of aliphatic hydroxyl groups excluding tert-OH is 1. The van der Waals surface area contributed by atoms with E-state index >= 15 is 0 Å². The van der Waals surface area contributed by atoms with E-state index in [4.69, 9.17) is 9.84 Å². The molecule has 0 aromatic heterocycles. The first-order valence-electron chi connectivity index (χ1n) is 6.25. The molecule has 0 aliphatic heterocycles. The number of amides is 1. The lowest BCUT2D eigenvalue weighted by molar-refractivity contribution is -0.151. The van der Waals surface area contributed by atoms with Gasteiger partial charge in [0.15, 0.2) is 6.04 Å². The summed E-state index contributed by atoms with van der Waals surface area (Å²) in [5.41, 5.74) is 0.428. The Hall–Kier alpha value is -1.88. The Morgan fingerprint density at radius 3 is 2.47 bits per heavy atom. The van der Waals surface area contributed by atoms with Gasteiger partial charge in [0.2, 0.25) is 0 Å². The molecular formula is C14H19NO4. The highest BCUT2D eigenvalue weighted by molar-refractivity contribution is 5.96. The molecule has 1 amide bonds. The van der Waals surface area contributed by atoms with Crippen LogP contribution in [0.2, 0.25) is 0 Å². The van der Waals surface area contributed by atoms with Crippen molar-refractivity contribution in [3.8, 4) is 0 Å². The van der Waals surface area contributed by atoms with Gasteiger partial charge in [0.05, 0.1) is 12.7 Å². The van der Waals surface area contributed by atoms with Crippen LogP contribution in [-0.2, 0) is 9.53 Å². The van der Waals surface area contributed by atoms with Crippen LogP contribution < -0.4 is 5.32 Å². The van der Waals surface area contributed by atoms with Gasteiger partial charge in [-0.2, -0.15) is 0 Å². The highest BCUT2D eigenvalue weighted by Gasteiger charge is 2.23. The molecule has 5 heteroatoms. The SMILES string of the molecule is CCC(C)OC(=O)[C@H](CO)NC(=O)c1ccccc1. The number of esters is 1. The molecule has 1 unspecified atom stereocenters. The minimum Gasteiger partial charge on any atom is -0.461 e. The van der Waals surface area contributed by atoms with Crippen LogP contribution in [-0.4, -0.2) is 35.7 Å². The smallest absolute Gasteiger partial charge is 0.331 e. The zero-order chi connectivity index (χ0) is 14.3. The van der Waals surface area contributed by atoms with Crippen LogP contribution in [0.1, 0.15) is 30.6 Å². The van der Waals surface area contributed by atoms with Crippen LogP contribution >= 0.6 is 0 Å². The van der Waals surface area contributed by atoms with E-state index in [-0.39, 0.29) is 6.10 Å². The van der Waals surface area contributed by atoms with Crippen molar-refractivity contribution >= 4 is 11.9 Å². The fourth-order valence-corrected chi connectivity index (χ4v) is 1.37. The predicted molar refractivity (Wildman–Crippen MR) is 70.6 cm³/mol. The van der Waals surface area contributed by atoms with Gasteiger partial charge in [-0.05, 0) is 25.5 Å². The third-order valence-corrected chi connectivity index (χ3v) is 2.70. The number of carbonyl (C=O) groups excluding carboxylic acids is 2. The highest BCUT2D eigenvalue weighted by atomic mass is 16.5. The first-order valence-corrected chi connectivity index (χ1v) is 6.25. The van der Waals surface area contributed by atoms with Crippen LogP contribution in [0.3, 0.4) is 0 Å². The zero-order valence-electron chi connectivity index (χ0n) is 11.1. The van der Waals surface area contributed by atoms with Crippen molar-refractivity contribution in [3.63, 3.8) is 0 Å². The molecule has 1 rings (SSSR count). The van der Waals surface area contributed by atoms with Crippen LogP contribution in [0.4, 0.5) is 0 Å². The quantitative estimate of drug-likeness (QED) is 0.756. The van der Waals surface area contributed by atoms with Crippen molar-refractivity contribution in [2.24, 2.45) is 0 Å². The summed E-state index contributed by atoms with van der Waals surface area (Å²) in [4.78, 5) is 23.6. The van der Waals surface area contributed by atoms with Gasteiger partial charge < -0.3 is 15.2 Å². The van der Waals surface area contributed by atoms with Gasteiger partial charge in [-0.25, -0.2) is 4.79 Å². The largest absolute Gasteiger partial charge is 0.461 e. The van der Waals surface area contributed by atoms with Crippen molar-refractivity contribution in [1.29, 1.82) is 0 Å². The summed E-state index contributed by atoms with van der Waals surface area (Å²) < 4.78 is 5.08. The normalized spacial score (nSPS) is 13.4. The Kier molecular flexibility index (Phi) is 6.02. The van der Waals surface area contributed by atoms with Crippen LogP contribution in [0.15, 0.2) is 30.3 Å². The second-order valence-corrected chi connectivity index (χ2v) is 4.23. The second kappa shape index (κ2) is 7.53. The van der Waals surface area contributed by atoms with Gasteiger partial charge >= 0.3 is 5.97 Å². The molecule has 0 fully saturated rings. The maximum atomic E-state index is 11.8. The Balaban J connectivity index is 2.62. The lowest BCUT2D eigenvalue weighted by Gasteiger charge is -2.18. The summed E-state index contributed by atoms with van der Waals surface area (Å²) in [6.45, 7) is 3.15. The Morgan fingerprint density at radius 1 is 1.32 bits per heavy atom. The molecule has 1 aromatic carbocycles. The molecular weight excluding hydrogens is 246 g/mol. The van der Waals surface area contributed by atoms with Gasteiger partial charge in [-0.15, -0.1) is 0 Å². The number of hydrogen-bond acceptors (Lipinski definition) is 4. The number of benzene rings is 1. The third kappa shape index (κ3) is 4.71. The van der Waals surface area contributed by atoms with Gasteiger partial charge in [-0.1, -0.05) is 25.1 Å². The minimum absolute atomic E-state index is 0.241. The molecule has 0 heterocycles. The summed E-state index contributed by atoms with van der Waals surface area (Å²) in [6, 6.07) is 7.45. The van der Waals surface area contributed by atoms with E-state index in [2.05, 4.69) is 5.32 Å². The van der Waals surface area contributed by atoms with E-state index in [1.54, 1.807) is 37.3 Å². The Bertz CT molecular complexity index is 419. The lowest BCUT2D eigenvalue weighted by atomic mass is 10.2. The second-order valence-electron chi connectivity index (χ2n) is 4.23. The highest BCUT2D eigenvalue weighted by Crippen LogP contribution is 2.02. The maximum absolute atomic E-state index is 11.8. The molecule has 1 aromatic rings. The number of nitrogens with one attached hydrogen (secondary N) is 1. The van der Waals surface area contributed by atoms with Crippen molar-refractivity contribution in [3.05, 3.63) is 35.9 Å². The Morgan fingerprint density at radius 2 is 1.95 bits per heavy atom. The fourth-order valence-electron chi connectivity index (χ4n) is 1.37. The summed E-state index contributed by atoms with van der Waals surface area (Å²) in [6.07, 6.45) is 0.437. The maximum Gasteiger partial charge on any atom is 0.331 e. The van der Waals surface area contributed by atoms with Crippen LogP contribution in [0.5, 0.6) is 0 Å². The molecule has 0 bridgehead atoms. The molecule has 5 nitrogen and oxygen atoms in total. The number of carbonyl (C=O) groups is 2. The third-order valence-electron chi connectivity index (χ3n) is 2.70. The van der Waals surface area contributed by atoms with Gasteiger partial charge in [-0.3, -0.25) is 4.79 Å². The Labute approximate surface area is 112 Å². The van der Waals surface area contributed by atoms with Gasteiger partial charge in [0, 0.05) is 5.56 Å². The molecule has 0 spiro atoms. The minimum atomic E-state index is -1.04. The van der Waals surface area contributed by atoms with Crippen LogP contribution in [0.25, 0.3) is 0 Å². The average molecular weight is 265 g/mol. The number of aliphatic hydroxyl groups is 1. The van der Waals surface area contributed by atoms with E-state index in [1.165, 1.54) is 0 Å². The van der Waals surface area contributed by atoms with Gasteiger partial charge in [0.25, 0.3) is 5.91 Å². The molecule has 0 aliphatic carbocycles. The number of ether oxygens (including phenoxy) is 1. The summed E-state index contributed by atoms with van der Waals surface area (Å²) in [7, 11) is 0. The standard InChI is InChI=1S/C14H19NO4/c1-3-10(2)19-14(18)12(9-16)15-13(17)11-7-5-4-6-8-11/h4-8,10,12,16H,3,9H2,1-2H3,(H,15,17)/t10?,12-/m0/s1. The van der Waals surface area contributed by atoms with E-state index < -0.39 is 24.5 Å². The van der Waals surface area contributed by atoms with E-state index in [9.17, 15) is 9.59 Å².